The summed E-state index contributed by atoms with van der Waals surface area (Å²) in [7, 11) is 1.57. The van der Waals surface area contributed by atoms with E-state index in [0.717, 1.165) is 13.0 Å². The SMILES string of the molecule is CCCNCOC(C)C(OC)c1ccccc1F. The van der Waals surface area contributed by atoms with Crippen LogP contribution in [0, 0.1) is 5.82 Å². The lowest BCUT2D eigenvalue weighted by molar-refractivity contribution is -0.0554. The van der Waals surface area contributed by atoms with Crippen molar-refractivity contribution in [2.24, 2.45) is 0 Å². The first-order chi connectivity index (χ1) is 8.70. The van der Waals surface area contributed by atoms with Crippen LogP contribution in [0.25, 0.3) is 0 Å². The van der Waals surface area contributed by atoms with Gasteiger partial charge in [0, 0.05) is 12.7 Å². The van der Waals surface area contributed by atoms with Crippen molar-refractivity contribution in [1.82, 2.24) is 5.32 Å². The van der Waals surface area contributed by atoms with Crippen LogP contribution in [-0.4, -0.2) is 26.5 Å². The Labute approximate surface area is 108 Å². The predicted octanol–water partition coefficient (Wildman–Crippen LogP) is 2.88. The molecular formula is C14H22FNO2. The zero-order valence-corrected chi connectivity index (χ0v) is 11.3. The minimum Gasteiger partial charge on any atom is -0.374 e. The van der Waals surface area contributed by atoms with Crippen LogP contribution >= 0.6 is 0 Å². The zero-order chi connectivity index (χ0) is 13.4. The summed E-state index contributed by atoms with van der Waals surface area (Å²) in [6.07, 6.45) is 0.449. The van der Waals surface area contributed by atoms with Crippen molar-refractivity contribution in [3.05, 3.63) is 35.6 Å². The van der Waals surface area contributed by atoms with Crippen molar-refractivity contribution < 1.29 is 13.9 Å². The third kappa shape index (κ3) is 4.37. The Bertz CT molecular complexity index is 346. The molecule has 1 rings (SSSR count). The largest absolute Gasteiger partial charge is 0.374 e. The Morgan fingerprint density at radius 1 is 1.33 bits per heavy atom. The molecule has 0 aliphatic heterocycles. The van der Waals surface area contributed by atoms with Crippen LogP contribution in [0.2, 0.25) is 0 Å². The highest BCUT2D eigenvalue weighted by atomic mass is 19.1. The minimum atomic E-state index is -0.394. The summed E-state index contributed by atoms with van der Waals surface area (Å²) in [4.78, 5) is 0. The highest BCUT2D eigenvalue weighted by Crippen LogP contribution is 2.24. The van der Waals surface area contributed by atoms with Crippen molar-refractivity contribution in [2.75, 3.05) is 20.4 Å². The molecule has 0 fully saturated rings. The molecule has 4 heteroatoms. The molecule has 0 spiro atoms. The molecule has 0 aromatic heterocycles. The molecule has 18 heavy (non-hydrogen) atoms. The van der Waals surface area contributed by atoms with Crippen LogP contribution in [0.4, 0.5) is 4.39 Å². The molecule has 2 atom stereocenters. The molecule has 0 radical (unpaired) electrons. The van der Waals surface area contributed by atoms with Crippen LogP contribution < -0.4 is 5.32 Å². The Hall–Kier alpha value is -0.970. The fraction of sp³-hybridized carbons (Fsp3) is 0.571. The van der Waals surface area contributed by atoms with E-state index in [1.165, 1.54) is 6.07 Å². The van der Waals surface area contributed by atoms with Crippen molar-refractivity contribution in [3.8, 4) is 0 Å². The molecule has 1 aromatic carbocycles. The van der Waals surface area contributed by atoms with Gasteiger partial charge in [-0.2, -0.15) is 0 Å². The minimum absolute atomic E-state index is 0.212. The molecule has 0 saturated heterocycles. The van der Waals surface area contributed by atoms with Crippen LogP contribution in [-0.2, 0) is 9.47 Å². The topological polar surface area (TPSA) is 30.5 Å². The molecule has 102 valence electrons. The number of ether oxygens (including phenoxy) is 2. The van der Waals surface area contributed by atoms with Gasteiger partial charge < -0.3 is 9.47 Å². The van der Waals surface area contributed by atoms with Crippen LogP contribution in [0.1, 0.15) is 31.9 Å². The normalized spacial score (nSPS) is 14.4. The first-order valence-corrected chi connectivity index (χ1v) is 6.30. The van der Waals surface area contributed by atoms with Gasteiger partial charge in [-0.3, -0.25) is 5.32 Å². The summed E-state index contributed by atoms with van der Waals surface area (Å²) in [5.74, 6) is -0.263. The standard InChI is InChI=1S/C14H22FNO2/c1-4-9-16-10-18-11(2)14(17-3)12-7-5-6-8-13(12)15/h5-8,11,14,16H,4,9-10H2,1-3H3. The molecule has 3 nitrogen and oxygen atoms in total. The van der Waals surface area contributed by atoms with E-state index in [0.29, 0.717) is 12.3 Å². The number of halogens is 1. The van der Waals surface area contributed by atoms with Gasteiger partial charge >= 0.3 is 0 Å². The van der Waals surface area contributed by atoms with E-state index in [2.05, 4.69) is 12.2 Å². The number of nitrogens with one attached hydrogen (secondary N) is 1. The van der Waals surface area contributed by atoms with Crippen molar-refractivity contribution in [1.29, 1.82) is 0 Å². The van der Waals surface area contributed by atoms with Gasteiger partial charge in [-0.15, -0.1) is 0 Å². The van der Waals surface area contributed by atoms with Crippen LogP contribution in [0.5, 0.6) is 0 Å². The first kappa shape index (κ1) is 15.1. The second kappa shape index (κ2) is 8.19. The van der Waals surface area contributed by atoms with E-state index in [-0.39, 0.29) is 11.9 Å². The molecule has 1 aromatic rings. The third-order valence-electron chi connectivity index (χ3n) is 2.77. The van der Waals surface area contributed by atoms with Crippen LogP contribution in [0.15, 0.2) is 24.3 Å². The average molecular weight is 255 g/mol. The predicted molar refractivity (Wildman–Crippen MR) is 69.9 cm³/mol. The lowest BCUT2D eigenvalue weighted by Crippen LogP contribution is -2.27. The molecule has 0 saturated carbocycles. The Morgan fingerprint density at radius 2 is 2.06 bits per heavy atom. The lowest BCUT2D eigenvalue weighted by atomic mass is 10.0. The van der Waals surface area contributed by atoms with Gasteiger partial charge in [-0.05, 0) is 26.0 Å². The van der Waals surface area contributed by atoms with Gasteiger partial charge in [0.2, 0.25) is 0 Å². The van der Waals surface area contributed by atoms with Gasteiger partial charge in [-0.25, -0.2) is 4.39 Å². The highest BCUT2D eigenvalue weighted by molar-refractivity contribution is 5.20. The van der Waals surface area contributed by atoms with Gasteiger partial charge in [0.1, 0.15) is 11.9 Å². The van der Waals surface area contributed by atoms with E-state index >= 15 is 0 Å². The van der Waals surface area contributed by atoms with E-state index < -0.39 is 6.10 Å². The summed E-state index contributed by atoms with van der Waals surface area (Å²) in [6, 6.07) is 6.62. The summed E-state index contributed by atoms with van der Waals surface area (Å²) in [6.45, 7) is 5.33. The molecule has 1 N–H and O–H groups in total. The zero-order valence-electron chi connectivity index (χ0n) is 11.3. The Kier molecular flexibility index (Phi) is 6.86. The molecule has 0 aliphatic rings. The van der Waals surface area contributed by atoms with Crippen molar-refractivity contribution >= 4 is 0 Å². The fourth-order valence-corrected chi connectivity index (χ4v) is 1.80. The van der Waals surface area contributed by atoms with Gasteiger partial charge in [0.15, 0.2) is 0 Å². The summed E-state index contributed by atoms with van der Waals surface area (Å²) >= 11 is 0. The number of hydrogen-bond donors (Lipinski definition) is 1. The molecule has 0 heterocycles. The molecule has 0 amide bonds. The third-order valence-corrected chi connectivity index (χ3v) is 2.77. The van der Waals surface area contributed by atoms with Crippen LogP contribution in [0.3, 0.4) is 0 Å². The van der Waals surface area contributed by atoms with Gasteiger partial charge in [0.05, 0.1) is 12.8 Å². The molecular weight excluding hydrogens is 233 g/mol. The maximum absolute atomic E-state index is 13.7. The van der Waals surface area contributed by atoms with Gasteiger partial charge in [0.25, 0.3) is 0 Å². The van der Waals surface area contributed by atoms with Crippen molar-refractivity contribution in [2.45, 2.75) is 32.5 Å². The molecule has 2 unspecified atom stereocenters. The summed E-state index contributed by atoms with van der Waals surface area (Å²) in [5, 5.41) is 3.14. The van der Waals surface area contributed by atoms with Crippen molar-refractivity contribution in [3.63, 3.8) is 0 Å². The second-order valence-electron chi connectivity index (χ2n) is 4.19. The molecule has 0 aliphatic carbocycles. The second-order valence-corrected chi connectivity index (χ2v) is 4.19. The Balaban J connectivity index is 2.57. The molecule has 0 bridgehead atoms. The smallest absolute Gasteiger partial charge is 0.129 e. The number of benzene rings is 1. The monoisotopic (exact) mass is 255 g/mol. The maximum Gasteiger partial charge on any atom is 0.129 e. The first-order valence-electron chi connectivity index (χ1n) is 6.30. The van der Waals surface area contributed by atoms with E-state index in [9.17, 15) is 4.39 Å². The average Bonchev–Trinajstić information content (AvgIpc) is 2.38. The summed E-state index contributed by atoms with van der Waals surface area (Å²) in [5.41, 5.74) is 0.531. The maximum atomic E-state index is 13.7. The Morgan fingerprint density at radius 3 is 2.67 bits per heavy atom. The van der Waals surface area contributed by atoms with E-state index in [1.54, 1.807) is 25.3 Å². The number of rotatable bonds is 8. The highest BCUT2D eigenvalue weighted by Gasteiger charge is 2.22. The number of hydrogen-bond acceptors (Lipinski definition) is 3. The summed E-state index contributed by atoms with van der Waals surface area (Å²) < 4.78 is 24.6. The van der Waals surface area contributed by atoms with E-state index in [4.69, 9.17) is 9.47 Å². The fourth-order valence-electron chi connectivity index (χ4n) is 1.80. The quantitative estimate of drug-likeness (QED) is 0.572. The lowest BCUT2D eigenvalue weighted by Gasteiger charge is -2.23. The number of methoxy groups -OCH3 is 1. The van der Waals surface area contributed by atoms with E-state index in [1.807, 2.05) is 6.92 Å². The van der Waals surface area contributed by atoms with Gasteiger partial charge in [-0.1, -0.05) is 25.1 Å².